The molecule has 0 radical (unpaired) electrons. The summed E-state index contributed by atoms with van der Waals surface area (Å²) in [5, 5.41) is 6.27. The topological polar surface area (TPSA) is 64.8 Å². The van der Waals surface area contributed by atoms with E-state index in [1.165, 1.54) is 0 Å². The third-order valence-electron chi connectivity index (χ3n) is 8.73. The first kappa shape index (κ1) is 27.3. The van der Waals surface area contributed by atoms with Gasteiger partial charge in [0.25, 0.3) is 0 Å². The van der Waals surface area contributed by atoms with Crippen LogP contribution in [0.4, 0.5) is 0 Å². The number of aromatic nitrogens is 6. The van der Waals surface area contributed by atoms with Crippen molar-refractivity contribution in [3.05, 3.63) is 114 Å². The van der Waals surface area contributed by atoms with Crippen molar-refractivity contribution in [1.82, 2.24) is 28.5 Å². The summed E-state index contributed by atoms with van der Waals surface area (Å²) < 4.78 is 6.54. The highest BCUT2D eigenvalue weighted by Crippen LogP contribution is 2.46. The first-order chi connectivity index (χ1) is 22.3. The van der Waals surface area contributed by atoms with Crippen LogP contribution in [0, 0.1) is 0 Å². The Hall–Kier alpha value is -5.21. The highest BCUT2D eigenvalue weighted by Gasteiger charge is 2.36. The molecular weight excluding hydrogens is 575 g/mol. The maximum atomic E-state index is 5.59. The molecule has 7 nitrogen and oxygen atoms in total. The summed E-state index contributed by atoms with van der Waals surface area (Å²) in [5.74, 6) is 0.842. The number of rotatable bonds is 1. The van der Waals surface area contributed by atoms with E-state index < -0.39 is 0 Å². The predicted octanol–water partition coefficient (Wildman–Crippen LogP) is 8.46. The highest BCUT2D eigenvalue weighted by atomic mass is 32.1. The van der Waals surface area contributed by atoms with Crippen LogP contribution < -0.4 is 5.49 Å². The molecule has 3 aliphatic heterocycles. The Morgan fingerprint density at radius 3 is 1.73 bits per heavy atom. The molecule has 8 heteroatoms. The summed E-state index contributed by atoms with van der Waals surface area (Å²) in [6.07, 6.45) is 7.37. The average Bonchev–Trinajstić information content (AvgIpc) is 3.80. The SMILES string of the molecule is C=C/C=C1\C(=C/C)c2nc3c4ccccc4c4nc5c6ccccc6c6nc7c8ccccc8/c(n7n34)=N/C1n2c65.CC.CS. The van der Waals surface area contributed by atoms with Crippen LogP contribution in [0.1, 0.15) is 32.8 Å². The van der Waals surface area contributed by atoms with Gasteiger partial charge in [-0.05, 0) is 13.2 Å². The minimum Gasteiger partial charge on any atom is -0.295 e. The molecule has 220 valence electrons. The molecule has 8 aromatic rings. The molecule has 0 saturated carbocycles. The lowest BCUT2D eigenvalue weighted by molar-refractivity contribution is 0.627. The third kappa shape index (κ3) is 3.37. The Morgan fingerprint density at radius 1 is 0.689 bits per heavy atom. The van der Waals surface area contributed by atoms with Gasteiger partial charge in [-0.3, -0.25) is 4.57 Å². The van der Waals surface area contributed by atoms with Crippen LogP contribution in [0.15, 0.2) is 108 Å². The summed E-state index contributed by atoms with van der Waals surface area (Å²) >= 11 is 3.53. The molecule has 4 aromatic heterocycles. The zero-order valence-corrected chi connectivity index (χ0v) is 26.4. The van der Waals surface area contributed by atoms with Crippen molar-refractivity contribution in [1.29, 1.82) is 0 Å². The number of nitrogens with zero attached hydrogens (tertiary/aromatic N) is 7. The molecule has 1 atom stereocenters. The van der Waals surface area contributed by atoms with Crippen molar-refractivity contribution in [2.24, 2.45) is 4.99 Å². The summed E-state index contributed by atoms with van der Waals surface area (Å²) in [6, 6.07) is 25.3. The predicted molar refractivity (Wildman–Crippen MR) is 190 cm³/mol. The zero-order chi connectivity index (χ0) is 31.0. The van der Waals surface area contributed by atoms with E-state index in [1.807, 2.05) is 19.9 Å². The minimum atomic E-state index is -0.377. The maximum Gasteiger partial charge on any atom is 0.164 e. The zero-order valence-electron chi connectivity index (χ0n) is 25.5. The molecule has 12 bridgehead atoms. The second-order valence-corrected chi connectivity index (χ2v) is 10.7. The van der Waals surface area contributed by atoms with Crippen LogP contribution in [0.2, 0.25) is 0 Å². The second-order valence-electron chi connectivity index (χ2n) is 10.7. The van der Waals surface area contributed by atoms with Crippen LogP contribution in [0.5, 0.6) is 0 Å². The molecule has 0 spiro atoms. The smallest absolute Gasteiger partial charge is 0.164 e. The average molecular weight is 606 g/mol. The van der Waals surface area contributed by atoms with E-state index >= 15 is 0 Å². The van der Waals surface area contributed by atoms with E-state index in [0.717, 1.165) is 88.3 Å². The minimum absolute atomic E-state index is 0.377. The third-order valence-corrected chi connectivity index (χ3v) is 8.73. The standard InChI is InChI=1S/C34H21N7.C2H6.CH4S/c1-3-11-21-18(4-2)29-37-33-24-16-9-7-14-22(24)31-35-26-19-12-5-6-13-20(19)27-28(26)39(29)30(21)38-34-25-17-10-8-15-23(25)32(36-27)41(34)40(31)33;2*1-2/h3-17,30H,1H2,2H3;1-2H3;2H,1H3/b18-4+,21-11+,35-26?,36-32?,37-29?,38-34-;;. The Balaban J connectivity index is 0.000000725. The van der Waals surface area contributed by atoms with Gasteiger partial charge >= 0.3 is 0 Å². The molecule has 1 unspecified atom stereocenters. The van der Waals surface area contributed by atoms with Gasteiger partial charge in [0, 0.05) is 43.5 Å². The molecular formula is C37H31N7S. The van der Waals surface area contributed by atoms with Crippen LogP contribution >= 0.6 is 12.6 Å². The molecule has 0 fully saturated rings. The first-order valence-electron chi connectivity index (χ1n) is 15.2. The van der Waals surface area contributed by atoms with Gasteiger partial charge in [0.15, 0.2) is 28.6 Å². The van der Waals surface area contributed by atoms with Gasteiger partial charge in [0.2, 0.25) is 0 Å². The quantitative estimate of drug-likeness (QED) is 0.191. The summed E-state index contributed by atoms with van der Waals surface area (Å²) in [7, 11) is 0. The second kappa shape index (κ2) is 10.2. The van der Waals surface area contributed by atoms with Crippen molar-refractivity contribution in [3.63, 3.8) is 0 Å². The molecule has 3 aliphatic rings. The fraction of sp³-hybridized carbons (Fsp3) is 0.135. The number of benzene rings is 3. The van der Waals surface area contributed by atoms with E-state index in [-0.39, 0.29) is 6.17 Å². The monoisotopic (exact) mass is 605 g/mol. The first-order valence-corrected chi connectivity index (χ1v) is 16.1. The Bertz CT molecular complexity index is 2680. The van der Waals surface area contributed by atoms with Crippen LogP contribution in [0.25, 0.3) is 71.4 Å². The van der Waals surface area contributed by atoms with Crippen molar-refractivity contribution in [2.75, 3.05) is 6.26 Å². The molecule has 4 aromatic carbocycles. The van der Waals surface area contributed by atoms with E-state index in [1.54, 1.807) is 6.26 Å². The fourth-order valence-electron chi connectivity index (χ4n) is 7.10. The van der Waals surface area contributed by atoms with Crippen molar-refractivity contribution in [2.45, 2.75) is 26.9 Å². The Kier molecular flexibility index (Phi) is 6.18. The molecule has 45 heavy (non-hydrogen) atoms. The number of fused-ring (bicyclic) bond motifs is 3. The van der Waals surface area contributed by atoms with Gasteiger partial charge in [-0.1, -0.05) is 111 Å². The Morgan fingerprint density at radius 2 is 1.18 bits per heavy atom. The van der Waals surface area contributed by atoms with Gasteiger partial charge in [-0.25, -0.2) is 29.0 Å². The van der Waals surface area contributed by atoms with Crippen LogP contribution in [-0.4, -0.2) is 34.8 Å². The number of allylic oxidation sites excluding steroid dienone is 3. The van der Waals surface area contributed by atoms with Crippen molar-refractivity contribution >= 4 is 84.0 Å². The fourth-order valence-corrected chi connectivity index (χ4v) is 7.10. The molecule has 7 heterocycles. The lowest BCUT2D eigenvalue weighted by Crippen LogP contribution is -2.19. The molecule has 0 aliphatic carbocycles. The van der Waals surface area contributed by atoms with Crippen molar-refractivity contribution in [3.8, 4) is 0 Å². The maximum absolute atomic E-state index is 5.59. The van der Waals surface area contributed by atoms with Gasteiger partial charge in [-0.2, -0.15) is 12.6 Å². The van der Waals surface area contributed by atoms with Gasteiger partial charge in [0.1, 0.15) is 5.82 Å². The van der Waals surface area contributed by atoms with Crippen LogP contribution in [-0.2, 0) is 0 Å². The van der Waals surface area contributed by atoms with E-state index in [0.29, 0.717) is 0 Å². The van der Waals surface area contributed by atoms with Crippen LogP contribution in [0.3, 0.4) is 0 Å². The van der Waals surface area contributed by atoms with Gasteiger partial charge in [0.05, 0.1) is 16.6 Å². The lowest BCUT2D eigenvalue weighted by Gasteiger charge is -2.12. The summed E-state index contributed by atoms with van der Waals surface area (Å²) in [6.45, 7) is 10.1. The number of hydrogen-bond acceptors (Lipinski definition) is 5. The van der Waals surface area contributed by atoms with Crippen molar-refractivity contribution < 1.29 is 0 Å². The van der Waals surface area contributed by atoms with E-state index in [2.05, 4.69) is 125 Å². The largest absolute Gasteiger partial charge is 0.295 e. The van der Waals surface area contributed by atoms with E-state index in [4.69, 9.17) is 19.9 Å². The van der Waals surface area contributed by atoms with Gasteiger partial charge < -0.3 is 0 Å². The number of hydrogen-bond donors (Lipinski definition) is 1. The molecule has 0 saturated heterocycles. The van der Waals surface area contributed by atoms with E-state index in [9.17, 15) is 0 Å². The number of thiol groups is 1. The summed E-state index contributed by atoms with van der Waals surface area (Å²) in [4.78, 5) is 22.2. The highest BCUT2D eigenvalue weighted by molar-refractivity contribution is 7.79. The molecule has 0 amide bonds. The molecule has 0 N–H and O–H groups in total. The van der Waals surface area contributed by atoms with Gasteiger partial charge in [-0.15, -0.1) is 0 Å². The normalized spacial score (nSPS) is 17.4. The Labute approximate surface area is 264 Å². The lowest BCUT2D eigenvalue weighted by atomic mass is 10.1. The molecule has 11 rings (SSSR count). The summed E-state index contributed by atoms with van der Waals surface area (Å²) in [5.41, 5.74) is 8.08.